The highest BCUT2D eigenvalue weighted by Gasteiger charge is 2.30. The molecule has 0 saturated carbocycles. The van der Waals surface area contributed by atoms with E-state index in [-0.39, 0.29) is 11.4 Å². The Bertz CT molecular complexity index is 1090. The summed E-state index contributed by atoms with van der Waals surface area (Å²) in [4.78, 5) is 27.3. The molecule has 31 heavy (non-hydrogen) atoms. The number of alkyl halides is 3. The molecule has 3 heterocycles. The Morgan fingerprint density at radius 1 is 1.10 bits per heavy atom. The number of halogens is 3. The molecule has 1 N–H and O–H groups in total. The molecule has 1 aliphatic rings. The van der Waals surface area contributed by atoms with Gasteiger partial charge in [-0.2, -0.15) is 17.4 Å². The maximum Gasteiger partial charge on any atom is 0.416 e. The summed E-state index contributed by atoms with van der Waals surface area (Å²) in [6, 6.07) is 7.70. The predicted molar refractivity (Wildman–Crippen MR) is 108 cm³/mol. The monoisotopic (exact) mass is 447 g/mol. The molecule has 0 radical (unpaired) electrons. The minimum atomic E-state index is -4.42. The highest BCUT2D eigenvalue weighted by molar-refractivity contribution is 7.44. The number of aromatic nitrogens is 3. The van der Waals surface area contributed by atoms with Crippen molar-refractivity contribution in [2.24, 2.45) is 0 Å². The van der Waals surface area contributed by atoms with Crippen molar-refractivity contribution in [2.75, 3.05) is 10.2 Å². The van der Waals surface area contributed by atoms with Crippen molar-refractivity contribution in [2.45, 2.75) is 26.2 Å². The highest BCUT2D eigenvalue weighted by Crippen LogP contribution is 2.30. The number of carbonyl (C=O) groups excluding carboxylic acids is 1. The molecule has 0 saturated heterocycles. The van der Waals surface area contributed by atoms with Crippen molar-refractivity contribution >= 4 is 29.8 Å². The van der Waals surface area contributed by atoms with Crippen molar-refractivity contribution in [3.05, 3.63) is 77.1 Å². The Morgan fingerprint density at radius 2 is 1.81 bits per heavy atom. The van der Waals surface area contributed by atoms with Gasteiger partial charge >= 0.3 is 6.18 Å². The summed E-state index contributed by atoms with van der Waals surface area (Å²) < 4.78 is 45.8. The summed E-state index contributed by atoms with van der Waals surface area (Å²) in [6.07, 6.45) is -1.09. The Labute approximate surface area is 180 Å². The number of rotatable bonds is 3. The standard InChI is InChI=1S/C20H16F3N5O.OS/c1-12-25-9-13-10-28(11-18(13)26-12)16-6-7-24-17(8-16)19(29)27-15-4-2-14(3-5-15)20(21,22)23;1-2/h2-9H,10-11H2,1H3,(H,27,29);. The van der Waals surface area contributed by atoms with E-state index < -0.39 is 17.6 Å². The second-order valence-electron chi connectivity index (χ2n) is 6.67. The van der Waals surface area contributed by atoms with Crippen LogP contribution in [-0.4, -0.2) is 25.1 Å². The first-order valence-electron chi connectivity index (χ1n) is 8.97. The highest BCUT2D eigenvalue weighted by atomic mass is 32.1. The first-order chi connectivity index (χ1) is 14.8. The molecule has 7 nitrogen and oxygen atoms in total. The molecule has 0 fully saturated rings. The van der Waals surface area contributed by atoms with Crippen LogP contribution in [-0.2, 0) is 31.8 Å². The zero-order chi connectivity index (χ0) is 22.6. The molecule has 0 aliphatic carbocycles. The Balaban J connectivity index is 0.00000132. The van der Waals surface area contributed by atoms with Gasteiger partial charge in [-0.25, -0.2) is 9.97 Å². The van der Waals surface area contributed by atoms with Crippen LogP contribution in [0.25, 0.3) is 0 Å². The Hall–Kier alpha value is -3.47. The van der Waals surface area contributed by atoms with Gasteiger partial charge in [0.1, 0.15) is 11.5 Å². The fourth-order valence-corrected chi connectivity index (χ4v) is 3.11. The number of aryl methyl sites for hydroxylation is 1. The zero-order valence-electron chi connectivity index (χ0n) is 16.2. The van der Waals surface area contributed by atoms with E-state index >= 15 is 0 Å². The van der Waals surface area contributed by atoms with Crippen LogP contribution in [0.3, 0.4) is 0 Å². The average molecular weight is 447 g/mol. The zero-order valence-corrected chi connectivity index (χ0v) is 17.0. The maximum atomic E-state index is 12.6. The van der Waals surface area contributed by atoms with E-state index in [1.807, 2.05) is 6.92 Å². The summed E-state index contributed by atoms with van der Waals surface area (Å²) in [6.45, 7) is 3.06. The van der Waals surface area contributed by atoms with Crippen molar-refractivity contribution in [1.29, 1.82) is 0 Å². The van der Waals surface area contributed by atoms with E-state index in [9.17, 15) is 18.0 Å². The molecule has 2 aromatic heterocycles. The Morgan fingerprint density at radius 3 is 2.48 bits per heavy atom. The number of hydrogen-bond acceptors (Lipinski definition) is 7. The van der Waals surface area contributed by atoms with Gasteiger partial charge in [0.15, 0.2) is 12.5 Å². The fraction of sp³-hybridized carbons (Fsp3) is 0.200. The second kappa shape index (κ2) is 9.13. The molecule has 0 unspecified atom stereocenters. The smallest absolute Gasteiger partial charge is 0.361 e. The van der Waals surface area contributed by atoms with Crippen LogP contribution in [0.4, 0.5) is 24.5 Å². The molecule has 3 aromatic rings. The summed E-state index contributed by atoms with van der Waals surface area (Å²) >= 11 is 2.83. The van der Waals surface area contributed by atoms with Gasteiger partial charge < -0.3 is 10.2 Å². The summed E-state index contributed by atoms with van der Waals surface area (Å²) in [5, 5.41) is 2.57. The lowest BCUT2D eigenvalue weighted by atomic mass is 10.2. The van der Waals surface area contributed by atoms with Gasteiger partial charge in [-0.15, -0.1) is 0 Å². The minimum Gasteiger partial charge on any atom is -0.361 e. The van der Waals surface area contributed by atoms with E-state index in [1.165, 1.54) is 18.3 Å². The number of amides is 1. The van der Waals surface area contributed by atoms with Crippen molar-refractivity contribution in [1.82, 2.24) is 15.0 Å². The number of fused-ring (bicyclic) bond motifs is 1. The van der Waals surface area contributed by atoms with Crippen molar-refractivity contribution in [3.63, 3.8) is 0 Å². The van der Waals surface area contributed by atoms with Crippen LogP contribution in [0.1, 0.15) is 33.1 Å². The molecule has 1 aromatic carbocycles. The number of pyridine rings is 1. The SMILES string of the molecule is Cc1ncc2c(n1)CN(c1ccnc(C(=O)Nc3ccc(C(F)(F)F)cc3)c1)C2.O=S. The molecule has 1 amide bonds. The molecule has 160 valence electrons. The van der Waals surface area contributed by atoms with E-state index in [0.717, 1.165) is 29.1 Å². The number of nitrogens with one attached hydrogen (secondary N) is 1. The van der Waals surface area contributed by atoms with Crippen LogP contribution in [0.2, 0.25) is 0 Å². The number of anilines is 2. The van der Waals surface area contributed by atoms with Crippen LogP contribution in [0, 0.1) is 6.92 Å². The molecule has 0 bridgehead atoms. The molecule has 1 aliphatic heterocycles. The van der Waals surface area contributed by atoms with Gasteiger partial charge in [0.05, 0.1) is 17.8 Å². The van der Waals surface area contributed by atoms with E-state index in [4.69, 9.17) is 4.21 Å². The third-order valence-corrected chi connectivity index (χ3v) is 4.59. The normalized spacial score (nSPS) is 12.6. The van der Waals surface area contributed by atoms with Gasteiger partial charge in [-0.3, -0.25) is 9.78 Å². The van der Waals surface area contributed by atoms with Gasteiger partial charge in [0.25, 0.3) is 5.91 Å². The van der Waals surface area contributed by atoms with Crippen molar-refractivity contribution < 1.29 is 22.2 Å². The van der Waals surface area contributed by atoms with Crippen LogP contribution in [0.5, 0.6) is 0 Å². The quantitative estimate of drug-likeness (QED) is 0.656. The first kappa shape index (κ1) is 22.2. The Kier molecular flexibility index (Phi) is 6.54. The van der Waals surface area contributed by atoms with Gasteiger partial charge in [-0.1, -0.05) is 0 Å². The number of hydrogen-bond donors (Lipinski definition) is 1. The minimum absolute atomic E-state index is 0.167. The fourth-order valence-electron chi connectivity index (χ4n) is 3.11. The number of nitrogens with zero attached hydrogens (tertiary/aromatic N) is 4. The van der Waals surface area contributed by atoms with Crippen LogP contribution >= 0.6 is 0 Å². The summed E-state index contributed by atoms with van der Waals surface area (Å²) in [5.74, 6) is 0.205. The van der Waals surface area contributed by atoms with Crippen LogP contribution < -0.4 is 10.2 Å². The largest absolute Gasteiger partial charge is 0.416 e. The molecular weight excluding hydrogens is 431 g/mol. The third kappa shape index (κ3) is 5.18. The molecule has 11 heteroatoms. The first-order valence-corrected chi connectivity index (χ1v) is 9.30. The van der Waals surface area contributed by atoms with Gasteiger partial charge in [0.2, 0.25) is 0 Å². The second-order valence-corrected chi connectivity index (χ2v) is 6.67. The molecule has 0 spiro atoms. The summed E-state index contributed by atoms with van der Waals surface area (Å²) in [5.41, 5.74) is 2.43. The predicted octanol–water partition coefficient (Wildman–Crippen LogP) is 3.64. The molecule has 0 atom stereocenters. The summed E-state index contributed by atoms with van der Waals surface area (Å²) in [7, 11) is 0. The lowest BCUT2D eigenvalue weighted by molar-refractivity contribution is -0.137. The van der Waals surface area contributed by atoms with Crippen molar-refractivity contribution in [3.8, 4) is 0 Å². The average Bonchev–Trinajstić information content (AvgIpc) is 3.18. The lowest BCUT2D eigenvalue weighted by Gasteiger charge is -2.17. The number of benzene rings is 1. The van der Waals surface area contributed by atoms with E-state index in [1.54, 1.807) is 18.3 Å². The van der Waals surface area contributed by atoms with Gasteiger partial charge in [-0.05, 0) is 43.3 Å². The van der Waals surface area contributed by atoms with Gasteiger partial charge in [0, 0.05) is 35.9 Å². The van der Waals surface area contributed by atoms with Crippen LogP contribution in [0.15, 0.2) is 48.8 Å². The third-order valence-electron chi connectivity index (χ3n) is 4.59. The maximum absolute atomic E-state index is 12.6. The molecular formula is C20H16F3N5O2S. The van der Waals surface area contributed by atoms with E-state index in [2.05, 4.69) is 37.7 Å². The number of carbonyl (C=O) groups is 1. The lowest BCUT2D eigenvalue weighted by Crippen LogP contribution is -2.18. The molecule has 4 rings (SSSR count). The van der Waals surface area contributed by atoms with E-state index in [0.29, 0.717) is 18.9 Å². The topological polar surface area (TPSA) is 88.1 Å².